The molecule has 5 heteroatoms. The molecule has 3 rings (SSSR count). The Hall–Kier alpha value is -2.14. The molecule has 0 bridgehead atoms. The second-order valence-electron chi connectivity index (χ2n) is 5.05. The minimum absolute atomic E-state index is 0.237. The fourth-order valence-corrected chi connectivity index (χ4v) is 3.29. The van der Waals surface area contributed by atoms with E-state index < -0.39 is 11.9 Å². The lowest BCUT2D eigenvalue weighted by Gasteiger charge is -2.11. The van der Waals surface area contributed by atoms with Crippen molar-refractivity contribution in [3.05, 3.63) is 65.5 Å². The molecule has 0 fully saturated rings. The van der Waals surface area contributed by atoms with E-state index in [2.05, 4.69) is 10.3 Å². The van der Waals surface area contributed by atoms with Crippen molar-refractivity contribution in [2.75, 3.05) is 11.1 Å². The number of anilines is 1. The highest BCUT2D eigenvalue weighted by Crippen LogP contribution is 2.25. The number of thioether (sulfide) groups is 1. The summed E-state index contributed by atoms with van der Waals surface area (Å²) in [5.41, 5.74) is 1.94. The van der Waals surface area contributed by atoms with Crippen LogP contribution in [-0.2, 0) is 4.79 Å². The Kier molecular flexibility index (Phi) is 4.24. The average molecular weight is 314 g/mol. The quantitative estimate of drug-likeness (QED) is 0.940. The Morgan fingerprint density at radius 3 is 2.73 bits per heavy atom. The molecule has 0 aliphatic carbocycles. The van der Waals surface area contributed by atoms with Gasteiger partial charge >= 0.3 is 0 Å². The SMILES string of the molecule is Cc1cccc(F)c1NC(=O)[C@@H]1CSC(c2ccccc2)=N1. The molecule has 1 aliphatic heterocycles. The lowest BCUT2D eigenvalue weighted by Crippen LogP contribution is -2.27. The number of aryl methyl sites for hydroxylation is 1. The van der Waals surface area contributed by atoms with E-state index in [0.29, 0.717) is 11.3 Å². The Labute approximate surface area is 132 Å². The van der Waals surface area contributed by atoms with Crippen molar-refractivity contribution >= 4 is 28.4 Å². The number of carbonyl (C=O) groups is 1. The minimum atomic E-state index is -0.487. The molecule has 1 atom stereocenters. The predicted molar refractivity (Wildman–Crippen MR) is 89.0 cm³/mol. The molecule has 0 saturated carbocycles. The molecule has 0 aromatic heterocycles. The fraction of sp³-hybridized carbons (Fsp3) is 0.176. The Balaban J connectivity index is 1.76. The van der Waals surface area contributed by atoms with Crippen LogP contribution in [0.25, 0.3) is 0 Å². The largest absolute Gasteiger partial charge is 0.321 e. The highest BCUT2D eigenvalue weighted by Gasteiger charge is 2.26. The van der Waals surface area contributed by atoms with Crippen LogP contribution < -0.4 is 5.32 Å². The lowest BCUT2D eigenvalue weighted by molar-refractivity contribution is -0.116. The molecule has 0 spiro atoms. The van der Waals surface area contributed by atoms with E-state index in [-0.39, 0.29) is 11.6 Å². The molecular formula is C17H15FN2OS. The van der Waals surface area contributed by atoms with E-state index in [1.165, 1.54) is 6.07 Å². The van der Waals surface area contributed by atoms with E-state index in [1.807, 2.05) is 30.3 Å². The number of aliphatic imine (C=N–C) groups is 1. The number of hydrogen-bond donors (Lipinski definition) is 1. The van der Waals surface area contributed by atoms with E-state index in [9.17, 15) is 9.18 Å². The molecule has 22 heavy (non-hydrogen) atoms. The molecule has 1 aliphatic rings. The van der Waals surface area contributed by atoms with Gasteiger partial charge in [-0.15, -0.1) is 11.8 Å². The minimum Gasteiger partial charge on any atom is -0.321 e. The first kappa shape index (κ1) is 14.8. The zero-order valence-corrected chi connectivity index (χ0v) is 12.9. The summed E-state index contributed by atoms with van der Waals surface area (Å²) >= 11 is 1.55. The normalized spacial score (nSPS) is 17.2. The summed E-state index contributed by atoms with van der Waals surface area (Å²) in [4.78, 5) is 16.8. The predicted octanol–water partition coefficient (Wildman–Crippen LogP) is 3.63. The number of hydrogen-bond acceptors (Lipinski definition) is 3. The average Bonchev–Trinajstić information content (AvgIpc) is 3.02. The molecule has 1 N–H and O–H groups in total. The van der Waals surface area contributed by atoms with Crippen LogP contribution in [0, 0.1) is 12.7 Å². The molecule has 112 valence electrons. The van der Waals surface area contributed by atoms with Crippen molar-refractivity contribution in [1.82, 2.24) is 0 Å². The van der Waals surface area contributed by atoms with Crippen LogP contribution in [0.4, 0.5) is 10.1 Å². The third-order valence-corrected chi connectivity index (χ3v) is 4.54. The van der Waals surface area contributed by atoms with Crippen LogP contribution in [0.3, 0.4) is 0 Å². The number of halogens is 1. The zero-order valence-electron chi connectivity index (χ0n) is 12.0. The molecular weight excluding hydrogens is 299 g/mol. The number of carbonyl (C=O) groups excluding carboxylic acids is 1. The van der Waals surface area contributed by atoms with Gasteiger partial charge in [-0.25, -0.2) is 4.39 Å². The Morgan fingerprint density at radius 2 is 2.00 bits per heavy atom. The number of nitrogens with zero attached hydrogens (tertiary/aromatic N) is 1. The molecule has 1 amide bonds. The summed E-state index contributed by atoms with van der Waals surface area (Å²) in [6.45, 7) is 1.76. The van der Waals surface area contributed by atoms with Gasteiger partial charge in [0.15, 0.2) is 0 Å². The van der Waals surface area contributed by atoms with Crippen LogP contribution in [0.2, 0.25) is 0 Å². The van der Waals surface area contributed by atoms with Gasteiger partial charge in [0.1, 0.15) is 11.9 Å². The maximum absolute atomic E-state index is 13.8. The molecule has 1 heterocycles. The number of benzene rings is 2. The van der Waals surface area contributed by atoms with Gasteiger partial charge in [-0.3, -0.25) is 9.79 Å². The molecule has 0 saturated heterocycles. The van der Waals surface area contributed by atoms with E-state index in [0.717, 1.165) is 10.6 Å². The highest BCUT2D eigenvalue weighted by molar-refractivity contribution is 8.14. The second kappa shape index (κ2) is 6.32. The Morgan fingerprint density at radius 1 is 1.23 bits per heavy atom. The standard InChI is InChI=1S/C17H15FN2OS/c1-11-6-5-9-13(18)15(11)20-16(21)14-10-22-17(19-14)12-7-3-2-4-8-12/h2-9,14H,10H2,1H3,(H,20,21)/t14-/m0/s1. The highest BCUT2D eigenvalue weighted by atomic mass is 32.2. The molecule has 0 unspecified atom stereocenters. The van der Waals surface area contributed by atoms with Gasteiger partial charge in [-0.05, 0) is 18.6 Å². The first-order chi connectivity index (χ1) is 10.6. The summed E-state index contributed by atoms with van der Waals surface area (Å²) in [7, 11) is 0. The van der Waals surface area contributed by atoms with Crippen molar-refractivity contribution in [3.8, 4) is 0 Å². The third-order valence-electron chi connectivity index (χ3n) is 3.44. The van der Waals surface area contributed by atoms with Crippen LogP contribution in [0.15, 0.2) is 53.5 Å². The first-order valence-corrected chi connectivity index (χ1v) is 7.95. The second-order valence-corrected chi connectivity index (χ2v) is 6.06. The van der Waals surface area contributed by atoms with Crippen molar-refractivity contribution in [1.29, 1.82) is 0 Å². The van der Waals surface area contributed by atoms with E-state index >= 15 is 0 Å². The first-order valence-electron chi connectivity index (χ1n) is 6.97. The monoisotopic (exact) mass is 314 g/mol. The fourth-order valence-electron chi connectivity index (χ4n) is 2.24. The van der Waals surface area contributed by atoms with Gasteiger partial charge in [0.25, 0.3) is 0 Å². The molecule has 0 radical (unpaired) electrons. The summed E-state index contributed by atoms with van der Waals surface area (Å²) < 4.78 is 13.8. The number of amides is 1. The number of para-hydroxylation sites is 1. The van der Waals surface area contributed by atoms with Gasteiger partial charge in [0.2, 0.25) is 5.91 Å². The smallest absolute Gasteiger partial charge is 0.250 e. The topological polar surface area (TPSA) is 41.5 Å². The van der Waals surface area contributed by atoms with E-state index in [4.69, 9.17) is 0 Å². The molecule has 3 nitrogen and oxygen atoms in total. The van der Waals surface area contributed by atoms with Crippen molar-refractivity contribution in [3.63, 3.8) is 0 Å². The maximum Gasteiger partial charge on any atom is 0.250 e. The third kappa shape index (κ3) is 3.04. The van der Waals surface area contributed by atoms with Gasteiger partial charge in [0, 0.05) is 11.3 Å². The van der Waals surface area contributed by atoms with Crippen molar-refractivity contribution in [2.45, 2.75) is 13.0 Å². The van der Waals surface area contributed by atoms with Crippen molar-refractivity contribution in [2.24, 2.45) is 4.99 Å². The molecule has 2 aromatic carbocycles. The summed E-state index contributed by atoms with van der Waals surface area (Å²) in [6, 6.07) is 14.0. The van der Waals surface area contributed by atoms with Crippen LogP contribution in [0.5, 0.6) is 0 Å². The summed E-state index contributed by atoms with van der Waals surface area (Å²) in [5, 5.41) is 3.51. The van der Waals surface area contributed by atoms with Gasteiger partial charge in [-0.2, -0.15) is 0 Å². The maximum atomic E-state index is 13.8. The van der Waals surface area contributed by atoms with Gasteiger partial charge in [0.05, 0.1) is 10.7 Å². The van der Waals surface area contributed by atoms with Gasteiger partial charge in [-0.1, -0.05) is 42.5 Å². The molecule has 2 aromatic rings. The van der Waals surface area contributed by atoms with Crippen LogP contribution >= 0.6 is 11.8 Å². The van der Waals surface area contributed by atoms with Crippen molar-refractivity contribution < 1.29 is 9.18 Å². The summed E-state index contributed by atoms with van der Waals surface area (Å²) in [5.74, 6) is -0.123. The summed E-state index contributed by atoms with van der Waals surface area (Å²) in [6.07, 6.45) is 0. The van der Waals surface area contributed by atoms with Gasteiger partial charge < -0.3 is 5.32 Å². The zero-order chi connectivity index (χ0) is 15.5. The number of rotatable bonds is 3. The van der Waals surface area contributed by atoms with E-state index in [1.54, 1.807) is 30.8 Å². The van der Waals surface area contributed by atoms with Crippen LogP contribution in [0.1, 0.15) is 11.1 Å². The lowest BCUT2D eigenvalue weighted by atomic mass is 10.2. The number of nitrogens with one attached hydrogen (secondary N) is 1. The van der Waals surface area contributed by atoms with Crippen LogP contribution in [-0.4, -0.2) is 22.7 Å². The Bertz CT molecular complexity index is 710.